The molecule has 25 heavy (non-hydrogen) atoms. The minimum atomic E-state index is -1.11. The molecule has 1 amide bonds. The van der Waals surface area contributed by atoms with E-state index in [1.54, 1.807) is 7.05 Å². The summed E-state index contributed by atoms with van der Waals surface area (Å²) in [4.78, 5) is 36.9. The fraction of sp³-hybridized carbons (Fsp3) is 0.167. The first-order chi connectivity index (χ1) is 12.0. The van der Waals surface area contributed by atoms with Crippen LogP contribution >= 0.6 is 0 Å². The van der Waals surface area contributed by atoms with Crippen molar-refractivity contribution in [2.45, 2.75) is 13.1 Å². The Morgan fingerprint density at radius 2 is 1.88 bits per heavy atom. The van der Waals surface area contributed by atoms with Gasteiger partial charge < -0.3 is 14.4 Å². The third kappa shape index (κ3) is 3.45. The number of rotatable bonds is 5. The monoisotopic (exact) mass is 340 g/mol. The van der Waals surface area contributed by atoms with Gasteiger partial charge in [-0.05, 0) is 23.8 Å². The number of carbonyl (C=O) groups is 2. The van der Waals surface area contributed by atoms with E-state index in [0.717, 1.165) is 5.56 Å². The van der Waals surface area contributed by atoms with Gasteiger partial charge in [0, 0.05) is 13.6 Å². The summed E-state index contributed by atoms with van der Waals surface area (Å²) < 4.78 is 6.26. The average molecular weight is 340 g/mol. The van der Waals surface area contributed by atoms with Crippen LogP contribution in [0, 0.1) is 0 Å². The summed E-state index contributed by atoms with van der Waals surface area (Å²) in [5.74, 6) is -2.06. The van der Waals surface area contributed by atoms with Crippen molar-refractivity contribution in [1.29, 1.82) is 0 Å². The summed E-state index contributed by atoms with van der Waals surface area (Å²) in [7, 11) is 1.66. The molecule has 0 saturated carbocycles. The van der Waals surface area contributed by atoms with Gasteiger partial charge in [0.1, 0.15) is 6.54 Å². The molecular formula is C18H16N2O5. The van der Waals surface area contributed by atoms with Gasteiger partial charge in [-0.3, -0.25) is 9.36 Å². The molecule has 1 aromatic heterocycles. The van der Waals surface area contributed by atoms with Gasteiger partial charge in [-0.1, -0.05) is 30.3 Å². The topological polar surface area (TPSA) is 92.8 Å². The van der Waals surface area contributed by atoms with Crippen LogP contribution in [0.15, 0.2) is 57.7 Å². The fourth-order valence-corrected chi connectivity index (χ4v) is 2.55. The molecule has 0 aliphatic carbocycles. The number of hydrogen-bond donors (Lipinski definition) is 1. The molecule has 3 aromatic rings. The maximum Gasteiger partial charge on any atom is 0.420 e. The quantitative estimate of drug-likeness (QED) is 0.766. The molecule has 0 unspecified atom stereocenters. The highest BCUT2D eigenvalue weighted by Gasteiger charge is 2.17. The van der Waals surface area contributed by atoms with E-state index in [2.05, 4.69) is 0 Å². The minimum absolute atomic E-state index is 0.0147. The molecule has 3 rings (SSSR count). The summed E-state index contributed by atoms with van der Waals surface area (Å²) in [6, 6.07) is 13.6. The SMILES string of the molecule is CN(Cc1ccccc1)C(=O)Cn1c(=O)oc2cc(C(=O)O)ccc21. The molecule has 7 nitrogen and oxygen atoms in total. The van der Waals surface area contributed by atoms with Gasteiger partial charge >= 0.3 is 11.7 Å². The number of nitrogens with zero attached hydrogens (tertiary/aromatic N) is 2. The minimum Gasteiger partial charge on any atom is -0.478 e. The molecule has 0 fully saturated rings. The maximum absolute atomic E-state index is 12.4. The van der Waals surface area contributed by atoms with Crippen molar-refractivity contribution >= 4 is 23.0 Å². The van der Waals surface area contributed by atoms with Gasteiger partial charge in [0.25, 0.3) is 0 Å². The molecular weight excluding hydrogens is 324 g/mol. The van der Waals surface area contributed by atoms with Gasteiger partial charge in [-0.2, -0.15) is 0 Å². The first-order valence-corrected chi connectivity index (χ1v) is 7.60. The van der Waals surface area contributed by atoms with Gasteiger partial charge in [-0.15, -0.1) is 0 Å². The largest absolute Gasteiger partial charge is 0.478 e. The van der Waals surface area contributed by atoms with E-state index in [4.69, 9.17) is 9.52 Å². The van der Waals surface area contributed by atoms with E-state index in [1.807, 2.05) is 30.3 Å². The van der Waals surface area contributed by atoms with Crippen molar-refractivity contribution in [2.24, 2.45) is 0 Å². The molecule has 0 radical (unpaired) electrons. The van der Waals surface area contributed by atoms with E-state index in [-0.39, 0.29) is 23.6 Å². The third-order valence-corrected chi connectivity index (χ3v) is 3.90. The molecule has 1 heterocycles. The molecule has 2 aromatic carbocycles. The van der Waals surface area contributed by atoms with Crippen molar-refractivity contribution in [2.75, 3.05) is 7.05 Å². The standard InChI is InChI=1S/C18H16N2O5/c1-19(10-12-5-3-2-4-6-12)16(21)11-20-14-8-7-13(17(22)23)9-15(14)25-18(20)24/h2-9H,10-11H2,1H3,(H,22,23). The number of benzene rings is 2. The van der Waals surface area contributed by atoms with Gasteiger partial charge in [-0.25, -0.2) is 9.59 Å². The number of likely N-dealkylation sites (N-methyl/N-ethyl adjacent to an activating group) is 1. The Hall–Kier alpha value is -3.35. The number of aromatic nitrogens is 1. The van der Waals surface area contributed by atoms with Crippen LogP contribution in [0.5, 0.6) is 0 Å². The van der Waals surface area contributed by atoms with E-state index >= 15 is 0 Å². The predicted octanol–water partition coefficient (Wildman–Crippen LogP) is 1.95. The highest BCUT2D eigenvalue weighted by Crippen LogP contribution is 2.15. The number of hydrogen-bond acceptors (Lipinski definition) is 4. The Morgan fingerprint density at radius 1 is 1.16 bits per heavy atom. The van der Waals surface area contributed by atoms with Crippen molar-refractivity contribution in [3.63, 3.8) is 0 Å². The number of carboxylic acids is 1. The lowest BCUT2D eigenvalue weighted by molar-refractivity contribution is -0.131. The Morgan fingerprint density at radius 3 is 2.56 bits per heavy atom. The zero-order chi connectivity index (χ0) is 18.0. The maximum atomic E-state index is 12.4. The molecule has 0 spiro atoms. The van der Waals surface area contributed by atoms with Gasteiger partial charge in [0.2, 0.25) is 5.91 Å². The van der Waals surface area contributed by atoms with Crippen LogP contribution in [0.25, 0.3) is 11.1 Å². The molecule has 128 valence electrons. The summed E-state index contributed by atoms with van der Waals surface area (Å²) >= 11 is 0. The number of amides is 1. The summed E-state index contributed by atoms with van der Waals surface area (Å²) in [6.07, 6.45) is 0. The summed E-state index contributed by atoms with van der Waals surface area (Å²) in [5, 5.41) is 8.99. The van der Waals surface area contributed by atoms with Gasteiger partial charge in [0.05, 0.1) is 11.1 Å². The van der Waals surface area contributed by atoms with Crippen LogP contribution < -0.4 is 5.76 Å². The smallest absolute Gasteiger partial charge is 0.420 e. The average Bonchev–Trinajstić information content (AvgIpc) is 2.90. The number of fused-ring (bicyclic) bond motifs is 1. The van der Waals surface area contributed by atoms with Crippen molar-refractivity contribution in [3.05, 3.63) is 70.2 Å². The zero-order valence-corrected chi connectivity index (χ0v) is 13.5. The van der Waals surface area contributed by atoms with E-state index in [9.17, 15) is 14.4 Å². The number of carboxylic acid groups (broad SMARTS) is 1. The second kappa shape index (κ2) is 6.64. The summed E-state index contributed by atoms with van der Waals surface area (Å²) in [5.41, 5.74) is 1.52. The van der Waals surface area contributed by atoms with Crippen LogP contribution in [0.2, 0.25) is 0 Å². The number of carbonyl (C=O) groups excluding carboxylic acids is 1. The lowest BCUT2D eigenvalue weighted by Gasteiger charge is -2.17. The van der Waals surface area contributed by atoms with E-state index in [1.165, 1.54) is 27.7 Å². The van der Waals surface area contributed by atoms with Gasteiger partial charge in [0.15, 0.2) is 5.58 Å². The van der Waals surface area contributed by atoms with Crippen LogP contribution in [0.4, 0.5) is 0 Å². The molecule has 0 atom stereocenters. The lowest BCUT2D eigenvalue weighted by Crippen LogP contribution is -2.32. The predicted molar refractivity (Wildman–Crippen MR) is 90.3 cm³/mol. The Labute approximate surface area is 142 Å². The molecule has 0 aliphatic heterocycles. The van der Waals surface area contributed by atoms with Crippen LogP contribution in [0.3, 0.4) is 0 Å². The number of oxazole rings is 1. The van der Waals surface area contributed by atoms with Crippen LogP contribution in [-0.4, -0.2) is 33.5 Å². The first kappa shape index (κ1) is 16.5. The van der Waals surface area contributed by atoms with Crippen molar-refractivity contribution in [3.8, 4) is 0 Å². The molecule has 0 bridgehead atoms. The van der Waals surface area contributed by atoms with Crippen LogP contribution in [0.1, 0.15) is 15.9 Å². The Bertz CT molecular complexity index is 988. The molecule has 7 heteroatoms. The van der Waals surface area contributed by atoms with E-state index < -0.39 is 11.7 Å². The second-order valence-electron chi connectivity index (χ2n) is 5.68. The fourth-order valence-electron chi connectivity index (χ4n) is 2.55. The second-order valence-corrected chi connectivity index (χ2v) is 5.68. The molecule has 1 N–H and O–H groups in total. The normalized spacial score (nSPS) is 10.8. The highest BCUT2D eigenvalue weighted by molar-refractivity contribution is 5.92. The third-order valence-electron chi connectivity index (χ3n) is 3.90. The lowest BCUT2D eigenvalue weighted by atomic mass is 10.2. The highest BCUT2D eigenvalue weighted by atomic mass is 16.4. The zero-order valence-electron chi connectivity index (χ0n) is 13.5. The summed E-state index contributed by atoms with van der Waals surface area (Å²) in [6.45, 7) is 0.245. The molecule has 0 aliphatic rings. The van der Waals surface area contributed by atoms with Crippen molar-refractivity contribution in [1.82, 2.24) is 9.47 Å². The first-order valence-electron chi connectivity index (χ1n) is 7.60. The Kier molecular flexibility index (Phi) is 4.38. The number of aromatic carboxylic acids is 1. The van der Waals surface area contributed by atoms with E-state index in [0.29, 0.717) is 12.1 Å². The van der Waals surface area contributed by atoms with Crippen molar-refractivity contribution < 1.29 is 19.1 Å². The Balaban J connectivity index is 1.82. The van der Waals surface area contributed by atoms with Crippen LogP contribution in [-0.2, 0) is 17.9 Å². The molecule has 0 saturated heterocycles.